The van der Waals surface area contributed by atoms with E-state index in [1.54, 1.807) is 0 Å². The Balaban J connectivity index is 2.69. The van der Waals surface area contributed by atoms with Gasteiger partial charge in [-0.1, -0.05) is 0 Å². The summed E-state index contributed by atoms with van der Waals surface area (Å²) in [6.07, 6.45) is 4.40. The fourth-order valence-corrected chi connectivity index (χ4v) is 2.75. The Bertz CT molecular complexity index is 391. The Kier molecular flexibility index (Phi) is 7.35. The molecule has 1 heterocycles. The predicted molar refractivity (Wildman–Crippen MR) is 79.3 cm³/mol. The minimum atomic E-state index is -1.07. The van der Waals surface area contributed by atoms with Crippen LogP contribution in [-0.4, -0.2) is 65.7 Å². The molecule has 1 unspecified atom stereocenters. The minimum absolute atomic E-state index is 0.346. The molecule has 0 aromatic rings. The number of ether oxygens (including phenoxy) is 1. The van der Waals surface area contributed by atoms with Crippen LogP contribution in [0, 0.1) is 0 Å². The van der Waals surface area contributed by atoms with Crippen LogP contribution < -0.4 is 5.32 Å². The maximum atomic E-state index is 12.2. The van der Waals surface area contributed by atoms with Crippen LogP contribution in [0.3, 0.4) is 0 Å². The van der Waals surface area contributed by atoms with Crippen molar-refractivity contribution in [3.63, 3.8) is 0 Å². The van der Waals surface area contributed by atoms with Gasteiger partial charge in [-0.05, 0) is 37.7 Å². The first kappa shape index (κ1) is 17.6. The molecule has 1 rings (SSSR count). The number of likely N-dealkylation sites (tertiary alicyclic amines) is 1. The number of esters is 1. The molecule has 1 aliphatic heterocycles. The second-order valence-corrected chi connectivity index (χ2v) is 5.84. The van der Waals surface area contributed by atoms with Gasteiger partial charge in [-0.25, -0.2) is 14.4 Å². The monoisotopic (exact) mass is 318 g/mol. The molecule has 0 aromatic heterocycles. The number of nitrogens with one attached hydrogen (secondary N) is 1. The lowest BCUT2D eigenvalue weighted by atomic mass is 10.0. The van der Waals surface area contributed by atoms with Gasteiger partial charge < -0.3 is 20.1 Å². The second-order valence-electron chi connectivity index (χ2n) is 4.85. The highest BCUT2D eigenvalue weighted by Gasteiger charge is 2.34. The zero-order valence-electron chi connectivity index (χ0n) is 12.3. The molecular formula is C13H22N2O5S. The van der Waals surface area contributed by atoms with Crippen molar-refractivity contribution in [1.29, 1.82) is 0 Å². The molecule has 2 atom stereocenters. The largest absolute Gasteiger partial charge is 0.480 e. The van der Waals surface area contributed by atoms with Gasteiger partial charge >= 0.3 is 18.0 Å². The molecule has 1 aliphatic rings. The molecule has 21 heavy (non-hydrogen) atoms. The van der Waals surface area contributed by atoms with Gasteiger partial charge in [0.15, 0.2) is 0 Å². The minimum Gasteiger partial charge on any atom is -0.480 e. The van der Waals surface area contributed by atoms with Crippen molar-refractivity contribution in [1.82, 2.24) is 10.2 Å². The molecule has 7 nitrogen and oxygen atoms in total. The van der Waals surface area contributed by atoms with Crippen LogP contribution in [-0.2, 0) is 14.3 Å². The number of amides is 2. The summed E-state index contributed by atoms with van der Waals surface area (Å²) < 4.78 is 4.71. The number of hydrogen-bond donors (Lipinski definition) is 2. The Morgan fingerprint density at radius 1 is 1.43 bits per heavy atom. The van der Waals surface area contributed by atoms with Gasteiger partial charge in [0, 0.05) is 6.54 Å². The fourth-order valence-electron chi connectivity index (χ4n) is 2.28. The van der Waals surface area contributed by atoms with Crippen LogP contribution >= 0.6 is 11.8 Å². The Labute approximate surface area is 128 Å². The number of piperidine rings is 1. The van der Waals surface area contributed by atoms with Gasteiger partial charge in [0.25, 0.3) is 0 Å². The van der Waals surface area contributed by atoms with Crippen molar-refractivity contribution >= 4 is 29.7 Å². The third-order valence-corrected chi connectivity index (χ3v) is 4.09. The molecule has 120 valence electrons. The van der Waals surface area contributed by atoms with Crippen molar-refractivity contribution in [3.8, 4) is 0 Å². The maximum absolute atomic E-state index is 12.2. The highest BCUT2D eigenvalue weighted by molar-refractivity contribution is 7.98. The van der Waals surface area contributed by atoms with Crippen LogP contribution in [0.25, 0.3) is 0 Å². The molecule has 0 aliphatic carbocycles. The molecule has 2 N–H and O–H groups in total. The number of methoxy groups -OCH3 is 1. The average Bonchev–Trinajstić information content (AvgIpc) is 2.50. The lowest BCUT2D eigenvalue weighted by Crippen LogP contribution is -2.55. The summed E-state index contributed by atoms with van der Waals surface area (Å²) in [5.74, 6) is -0.887. The smallest absolute Gasteiger partial charge is 0.328 e. The lowest BCUT2D eigenvalue weighted by Gasteiger charge is -2.34. The Morgan fingerprint density at radius 3 is 2.71 bits per heavy atom. The van der Waals surface area contributed by atoms with Crippen molar-refractivity contribution in [2.24, 2.45) is 0 Å². The topological polar surface area (TPSA) is 95.9 Å². The van der Waals surface area contributed by atoms with Crippen molar-refractivity contribution < 1.29 is 24.2 Å². The van der Waals surface area contributed by atoms with Gasteiger partial charge in [-0.2, -0.15) is 11.8 Å². The molecule has 0 radical (unpaired) electrons. The normalized spacial score (nSPS) is 19.7. The highest BCUT2D eigenvalue weighted by Crippen LogP contribution is 2.18. The summed E-state index contributed by atoms with van der Waals surface area (Å²) in [7, 11) is 1.28. The van der Waals surface area contributed by atoms with Gasteiger partial charge in [-0.15, -0.1) is 0 Å². The van der Waals surface area contributed by atoms with E-state index in [0.717, 1.165) is 12.8 Å². The molecule has 1 fully saturated rings. The third-order valence-electron chi connectivity index (χ3n) is 3.44. The molecule has 0 saturated carbocycles. The molecule has 8 heteroatoms. The van der Waals surface area contributed by atoms with E-state index in [-0.39, 0.29) is 0 Å². The first-order chi connectivity index (χ1) is 10.0. The van der Waals surface area contributed by atoms with E-state index >= 15 is 0 Å². The van der Waals surface area contributed by atoms with E-state index in [0.29, 0.717) is 25.1 Å². The molecule has 0 spiro atoms. The maximum Gasteiger partial charge on any atom is 0.328 e. The van der Waals surface area contributed by atoms with E-state index in [1.165, 1.54) is 23.8 Å². The number of hydrogen-bond acceptors (Lipinski definition) is 5. The second kappa shape index (κ2) is 8.76. The zero-order chi connectivity index (χ0) is 15.8. The zero-order valence-corrected chi connectivity index (χ0v) is 13.1. The van der Waals surface area contributed by atoms with Crippen molar-refractivity contribution in [2.75, 3.05) is 25.7 Å². The first-order valence-corrected chi connectivity index (χ1v) is 8.27. The lowest BCUT2D eigenvalue weighted by molar-refractivity contribution is -0.146. The van der Waals surface area contributed by atoms with Gasteiger partial charge in [0.2, 0.25) is 0 Å². The van der Waals surface area contributed by atoms with Crippen molar-refractivity contribution in [3.05, 3.63) is 0 Å². The number of carboxylic acid groups (broad SMARTS) is 1. The summed E-state index contributed by atoms with van der Waals surface area (Å²) in [4.78, 5) is 36.5. The summed E-state index contributed by atoms with van der Waals surface area (Å²) in [5.41, 5.74) is 0. The average molecular weight is 318 g/mol. The highest BCUT2D eigenvalue weighted by atomic mass is 32.2. The number of rotatable bonds is 6. The summed E-state index contributed by atoms with van der Waals surface area (Å²) >= 11 is 1.52. The quantitative estimate of drug-likeness (QED) is 0.707. The molecule has 0 aromatic carbocycles. The van der Waals surface area contributed by atoms with Gasteiger partial charge in [0.05, 0.1) is 7.11 Å². The molecule has 2 amide bonds. The molecule has 0 bridgehead atoms. The van der Waals surface area contributed by atoms with Crippen LogP contribution in [0.2, 0.25) is 0 Å². The number of aliphatic carboxylic acids is 1. The standard InChI is InChI=1S/C13H22N2O5S/c1-20-12(18)10-5-3-4-7-15(10)13(19)14-9(11(16)17)6-8-21-2/h9-10H,3-8H2,1-2H3,(H,14,19)(H,16,17)/t9-,10?/m1/s1. The van der Waals surface area contributed by atoms with Crippen LogP contribution in [0.15, 0.2) is 0 Å². The van der Waals surface area contributed by atoms with E-state index in [9.17, 15) is 14.4 Å². The first-order valence-electron chi connectivity index (χ1n) is 6.88. The van der Waals surface area contributed by atoms with Crippen molar-refractivity contribution in [2.45, 2.75) is 37.8 Å². The number of thioether (sulfide) groups is 1. The van der Waals surface area contributed by atoms with Crippen LogP contribution in [0.1, 0.15) is 25.7 Å². The fraction of sp³-hybridized carbons (Fsp3) is 0.769. The van der Waals surface area contributed by atoms with E-state index in [2.05, 4.69) is 5.32 Å². The molecule has 1 saturated heterocycles. The SMILES string of the molecule is COC(=O)C1CCCCN1C(=O)N[C@H](CCSC)C(=O)O. The van der Waals surface area contributed by atoms with Gasteiger partial charge in [0.1, 0.15) is 12.1 Å². The van der Waals surface area contributed by atoms with E-state index in [1.807, 2.05) is 6.26 Å². The number of carbonyl (C=O) groups is 3. The van der Waals surface area contributed by atoms with E-state index < -0.39 is 30.1 Å². The predicted octanol–water partition coefficient (Wildman–Crippen LogP) is 0.930. The Morgan fingerprint density at radius 2 is 2.14 bits per heavy atom. The number of carbonyl (C=O) groups excluding carboxylic acids is 2. The summed E-state index contributed by atoms with van der Waals surface area (Å²) in [5, 5.41) is 11.6. The van der Waals surface area contributed by atoms with Gasteiger partial charge in [-0.3, -0.25) is 0 Å². The number of nitrogens with zero attached hydrogens (tertiary/aromatic N) is 1. The Hall–Kier alpha value is -1.44. The molecular weight excluding hydrogens is 296 g/mol. The van der Waals surface area contributed by atoms with Crippen LogP contribution in [0.4, 0.5) is 4.79 Å². The van der Waals surface area contributed by atoms with E-state index in [4.69, 9.17) is 9.84 Å². The van der Waals surface area contributed by atoms with Crippen LogP contribution in [0.5, 0.6) is 0 Å². The summed E-state index contributed by atoms with van der Waals surface area (Å²) in [6, 6.07) is -2.08. The number of urea groups is 1. The summed E-state index contributed by atoms with van der Waals surface area (Å²) in [6.45, 7) is 0.431. The number of carboxylic acids is 1. The third kappa shape index (κ3) is 5.11.